The lowest BCUT2D eigenvalue weighted by molar-refractivity contribution is -0.115. The number of aromatic nitrogens is 2. The number of amides is 1. The predicted molar refractivity (Wildman–Crippen MR) is 120 cm³/mol. The van der Waals surface area contributed by atoms with Crippen LogP contribution in [0.25, 0.3) is 16.5 Å². The van der Waals surface area contributed by atoms with Gasteiger partial charge in [0.2, 0.25) is 5.91 Å². The Labute approximate surface area is 176 Å². The van der Waals surface area contributed by atoms with Gasteiger partial charge >= 0.3 is 0 Å². The molecule has 28 heavy (non-hydrogen) atoms. The van der Waals surface area contributed by atoms with Crippen LogP contribution in [0.5, 0.6) is 0 Å². The first-order valence-electron chi connectivity index (χ1n) is 8.73. The number of thioether (sulfide) groups is 1. The van der Waals surface area contributed by atoms with Gasteiger partial charge in [0.25, 0.3) is 0 Å². The van der Waals surface area contributed by atoms with Crippen LogP contribution in [0.3, 0.4) is 0 Å². The molecule has 0 unspecified atom stereocenters. The molecule has 0 fully saturated rings. The van der Waals surface area contributed by atoms with Crippen LogP contribution < -0.4 is 5.32 Å². The maximum absolute atomic E-state index is 12.7. The smallest absolute Gasteiger partial charge is 0.237 e. The van der Waals surface area contributed by atoms with Gasteiger partial charge < -0.3 is 5.32 Å². The van der Waals surface area contributed by atoms with E-state index in [1.165, 1.54) is 23.1 Å². The quantitative estimate of drug-likeness (QED) is 0.319. The highest BCUT2D eigenvalue weighted by atomic mass is 32.2. The second-order valence-electron chi connectivity index (χ2n) is 6.16. The summed E-state index contributed by atoms with van der Waals surface area (Å²) in [7, 11) is 0. The number of anilines is 1. The summed E-state index contributed by atoms with van der Waals surface area (Å²) in [5.74, 6) is -0.0614. The Morgan fingerprint density at radius 2 is 1.79 bits per heavy atom. The molecule has 1 amide bonds. The van der Waals surface area contributed by atoms with Crippen LogP contribution in [-0.2, 0) is 4.79 Å². The van der Waals surface area contributed by atoms with E-state index in [1.807, 2.05) is 79.7 Å². The van der Waals surface area contributed by atoms with Crippen LogP contribution >= 0.6 is 35.3 Å². The second kappa shape index (κ2) is 8.26. The van der Waals surface area contributed by atoms with E-state index in [4.69, 9.17) is 12.2 Å². The number of hydrogen-bond acceptors (Lipinski definition) is 5. The third kappa shape index (κ3) is 4.01. The average molecular weight is 424 g/mol. The highest BCUT2D eigenvalue weighted by Gasteiger charge is 2.18. The van der Waals surface area contributed by atoms with Crippen molar-refractivity contribution >= 4 is 57.7 Å². The van der Waals surface area contributed by atoms with Crippen molar-refractivity contribution in [3.63, 3.8) is 0 Å². The Kier molecular flexibility index (Phi) is 5.57. The van der Waals surface area contributed by atoms with Crippen molar-refractivity contribution in [2.24, 2.45) is 0 Å². The highest BCUT2D eigenvalue weighted by Crippen LogP contribution is 2.29. The van der Waals surface area contributed by atoms with Gasteiger partial charge in [0.15, 0.2) is 8.29 Å². The van der Waals surface area contributed by atoms with Gasteiger partial charge in [-0.05, 0) is 42.7 Å². The summed E-state index contributed by atoms with van der Waals surface area (Å²) in [6.07, 6.45) is 0. The van der Waals surface area contributed by atoms with E-state index in [-0.39, 0.29) is 11.2 Å². The molecule has 0 saturated heterocycles. The van der Waals surface area contributed by atoms with Crippen molar-refractivity contribution < 1.29 is 4.79 Å². The summed E-state index contributed by atoms with van der Waals surface area (Å²) in [5, 5.41) is 9.44. The Bertz CT molecular complexity index is 1180. The largest absolute Gasteiger partial charge is 0.325 e. The molecule has 4 nitrogen and oxygen atoms in total. The average Bonchev–Trinajstić information content (AvgIpc) is 3.09. The summed E-state index contributed by atoms with van der Waals surface area (Å²) in [6.45, 7) is 1.88. The molecule has 0 saturated carbocycles. The molecular weight excluding hydrogens is 406 g/mol. The summed E-state index contributed by atoms with van der Waals surface area (Å²) in [6, 6.07) is 23.7. The molecule has 1 aromatic heterocycles. The van der Waals surface area contributed by atoms with E-state index in [0.717, 1.165) is 26.5 Å². The van der Waals surface area contributed by atoms with Crippen LogP contribution in [0.2, 0.25) is 0 Å². The van der Waals surface area contributed by atoms with Gasteiger partial charge in [0, 0.05) is 11.1 Å². The van der Waals surface area contributed by atoms with Crippen LogP contribution in [0.15, 0.2) is 77.1 Å². The number of fused-ring (bicyclic) bond motifs is 1. The number of carbonyl (C=O) groups is 1. The van der Waals surface area contributed by atoms with Crippen molar-refractivity contribution in [1.29, 1.82) is 0 Å². The maximum Gasteiger partial charge on any atom is 0.237 e. The molecule has 0 bridgehead atoms. The fourth-order valence-electron chi connectivity index (χ4n) is 2.81. The monoisotopic (exact) mass is 423 g/mol. The van der Waals surface area contributed by atoms with E-state index >= 15 is 0 Å². The van der Waals surface area contributed by atoms with Gasteiger partial charge in [-0.2, -0.15) is 0 Å². The van der Waals surface area contributed by atoms with Crippen molar-refractivity contribution in [1.82, 2.24) is 9.78 Å². The highest BCUT2D eigenvalue weighted by molar-refractivity contribution is 8.02. The summed E-state index contributed by atoms with van der Waals surface area (Å²) < 4.78 is 3.17. The summed E-state index contributed by atoms with van der Waals surface area (Å²) in [5.41, 5.74) is 1.74. The van der Waals surface area contributed by atoms with E-state index in [9.17, 15) is 4.79 Å². The molecule has 0 aliphatic heterocycles. The maximum atomic E-state index is 12.7. The molecule has 4 aromatic rings. The van der Waals surface area contributed by atoms with Crippen molar-refractivity contribution in [3.8, 4) is 5.69 Å². The normalized spacial score (nSPS) is 12.0. The second-order valence-corrected chi connectivity index (χ2v) is 9.37. The van der Waals surface area contributed by atoms with Gasteiger partial charge in [-0.25, -0.2) is 4.68 Å². The first-order valence-corrected chi connectivity index (χ1v) is 10.8. The minimum Gasteiger partial charge on any atom is -0.325 e. The molecule has 1 N–H and O–H groups in total. The number of benzene rings is 3. The molecule has 7 heteroatoms. The fraction of sp³-hybridized carbons (Fsp3) is 0.0952. The Morgan fingerprint density at radius 1 is 1.07 bits per heavy atom. The minimum absolute atomic E-state index is 0.0614. The van der Waals surface area contributed by atoms with E-state index in [1.54, 1.807) is 4.68 Å². The zero-order valence-electron chi connectivity index (χ0n) is 15.0. The molecule has 0 aliphatic carbocycles. The van der Waals surface area contributed by atoms with Crippen LogP contribution in [0, 0.1) is 3.95 Å². The number of carbonyl (C=O) groups excluding carboxylic acids is 1. The topological polar surface area (TPSA) is 46.9 Å². The lowest BCUT2D eigenvalue weighted by Crippen LogP contribution is -2.22. The molecule has 1 heterocycles. The predicted octanol–water partition coefficient (Wildman–Crippen LogP) is 5.94. The molecule has 140 valence electrons. The summed E-state index contributed by atoms with van der Waals surface area (Å²) >= 11 is 8.26. The van der Waals surface area contributed by atoms with Crippen LogP contribution in [0.4, 0.5) is 5.69 Å². The third-order valence-electron chi connectivity index (χ3n) is 4.22. The standard InChI is InChI=1S/C21H17N3OS3/c1-14(19(25)22-18-13-7-9-15-8-5-6-12-17(15)18)27-20-23-24(21(26)28-20)16-10-3-2-4-11-16/h2-14H,1H3,(H,22,25)/t14-/m0/s1. The SMILES string of the molecule is C[C@H](Sc1nn(-c2ccccc2)c(=S)s1)C(=O)Nc1cccc2ccccc12. The molecule has 0 aliphatic rings. The molecule has 0 spiro atoms. The zero-order valence-corrected chi connectivity index (χ0v) is 17.5. The minimum atomic E-state index is -0.302. The van der Waals surface area contributed by atoms with Gasteiger partial charge in [-0.15, -0.1) is 5.10 Å². The van der Waals surface area contributed by atoms with Gasteiger partial charge in [-0.1, -0.05) is 77.7 Å². The molecule has 1 atom stereocenters. The van der Waals surface area contributed by atoms with Gasteiger partial charge in [0.1, 0.15) is 0 Å². The number of para-hydroxylation sites is 1. The lowest BCUT2D eigenvalue weighted by atomic mass is 10.1. The van der Waals surface area contributed by atoms with Crippen molar-refractivity contribution in [2.75, 3.05) is 5.32 Å². The summed E-state index contributed by atoms with van der Waals surface area (Å²) in [4.78, 5) is 12.7. The Balaban J connectivity index is 1.50. The van der Waals surface area contributed by atoms with E-state index in [2.05, 4.69) is 10.4 Å². The third-order valence-corrected chi connectivity index (χ3v) is 6.64. The van der Waals surface area contributed by atoms with Crippen molar-refractivity contribution in [2.45, 2.75) is 16.5 Å². The Hall–Kier alpha value is -2.48. The number of rotatable bonds is 5. The van der Waals surface area contributed by atoms with Gasteiger partial charge in [-0.3, -0.25) is 4.79 Å². The number of nitrogens with one attached hydrogen (secondary N) is 1. The fourth-order valence-corrected chi connectivity index (χ4v) is 5.32. The van der Waals surface area contributed by atoms with Gasteiger partial charge in [0.05, 0.1) is 10.9 Å². The van der Waals surface area contributed by atoms with Crippen LogP contribution in [-0.4, -0.2) is 20.9 Å². The first kappa shape index (κ1) is 18.9. The van der Waals surface area contributed by atoms with Crippen LogP contribution in [0.1, 0.15) is 6.92 Å². The van der Waals surface area contributed by atoms with E-state index < -0.39 is 0 Å². The number of nitrogens with zero attached hydrogens (tertiary/aromatic N) is 2. The molecule has 0 radical (unpaired) electrons. The lowest BCUT2D eigenvalue weighted by Gasteiger charge is -2.12. The molecule has 3 aromatic carbocycles. The first-order chi connectivity index (χ1) is 13.6. The van der Waals surface area contributed by atoms with Crippen molar-refractivity contribution in [3.05, 3.63) is 76.8 Å². The molecule has 4 rings (SSSR count). The molecular formula is C21H17N3OS3. The van der Waals surface area contributed by atoms with E-state index in [0.29, 0.717) is 3.95 Å². The number of hydrogen-bond donors (Lipinski definition) is 1. The zero-order chi connectivity index (χ0) is 19.5. The Morgan fingerprint density at radius 3 is 2.61 bits per heavy atom.